The van der Waals surface area contributed by atoms with Gasteiger partial charge in [-0.3, -0.25) is 4.79 Å². The zero-order chi connectivity index (χ0) is 20.4. The Morgan fingerprint density at radius 3 is 2.31 bits per heavy atom. The molecule has 0 spiro atoms. The number of carbonyl (C=O) groups is 1. The molecule has 144 valence electrons. The van der Waals surface area contributed by atoms with Gasteiger partial charge in [0.25, 0.3) is 5.91 Å². The second-order valence-electron chi connectivity index (χ2n) is 6.73. The molecule has 0 radical (unpaired) electrons. The molecule has 0 saturated heterocycles. The van der Waals surface area contributed by atoms with E-state index in [0.29, 0.717) is 21.3 Å². The smallest absolute Gasteiger partial charge is 0.256 e. The summed E-state index contributed by atoms with van der Waals surface area (Å²) in [4.78, 5) is 17.9. The Bertz CT molecular complexity index is 1180. The van der Waals surface area contributed by atoms with Crippen LogP contribution in [0.3, 0.4) is 0 Å². The van der Waals surface area contributed by atoms with E-state index in [1.807, 2.05) is 42.5 Å². The van der Waals surface area contributed by atoms with E-state index in [1.165, 1.54) is 5.56 Å². The van der Waals surface area contributed by atoms with Crippen molar-refractivity contribution in [2.75, 3.05) is 5.32 Å². The first-order valence-corrected chi connectivity index (χ1v) is 10.1. The summed E-state index contributed by atoms with van der Waals surface area (Å²) in [6, 6.07) is 22.6. The fraction of sp³-hybridized carbons (Fsp3) is 0.0833. The maximum Gasteiger partial charge on any atom is 0.256 e. The molecule has 1 amide bonds. The molecule has 4 rings (SSSR count). The van der Waals surface area contributed by atoms with Gasteiger partial charge in [0.15, 0.2) is 0 Å². The van der Waals surface area contributed by atoms with Crippen molar-refractivity contribution in [3.63, 3.8) is 0 Å². The zero-order valence-corrected chi connectivity index (χ0v) is 17.3. The maximum atomic E-state index is 13.1. The summed E-state index contributed by atoms with van der Waals surface area (Å²) < 4.78 is 0. The predicted octanol–water partition coefficient (Wildman–Crippen LogP) is 7.02. The van der Waals surface area contributed by atoms with E-state index in [1.54, 1.807) is 18.2 Å². The van der Waals surface area contributed by atoms with Crippen LogP contribution in [-0.2, 0) is 6.42 Å². The molecule has 29 heavy (non-hydrogen) atoms. The molecule has 0 unspecified atom stereocenters. The first-order valence-electron chi connectivity index (χ1n) is 9.30. The number of aryl methyl sites for hydroxylation is 1. The Kier molecular flexibility index (Phi) is 5.52. The van der Waals surface area contributed by atoms with Crippen LogP contribution in [0.15, 0.2) is 72.8 Å². The van der Waals surface area contributed by atoms with Gasteiger partial charge >= 0.3 is 0 Å². The lowest BCUT2D eigenvalue weighted by atomic mass is 10.0. The van der Waals surface area contributed by atoms with E-state index in [4.69, 9.17) is 28.2 Å². The van der Waals surface area contributed by atoms with Gasteiger partial charge in [0.1, 0.15) is 0 Å². The molecule has 0 saturated carbocycles. The Morgan fingerprint density at radius 2 is 1.62 bits per heavy atom. The average molecular weight is 421 g/mol. The van der Waals surface area contributed by atoms with Crippen molar-refractivity contribution >= 4 is 45.7 Å². The van der Waals surface area contributed by atoms with Crippen molar-refractivity contribution in [2.24, 2.45) is 0 Å². The molecule has 0 bridgehead atoms. The van der Waals surface area contributed by atoms with Gasteiger partial charge in [0.2, 0.25) is 0 Å². The molecule has 1 N–H and O–H groups in total. The number of nitrogens with zero attached hydrogens (tertiary/aromatic N) is 1. The van der Waals surface area contributed by atoms with E-state index in [9.17, 15) is 4.79 Å². The van der Waals surface area contributed by atoms with E-state index < -0.39 is 0 Å². The summed E-state index contributed by atoms with van der Waals surface area (Å²) in [6.45, 7) is 2.12. The quantitative estimate of drug-likeness (QED) is 0.385. The number of para-hydroxylation sites is 1. The third-order valence-corrected chi connectivity index (χ3v) is 5.18. The molecule has 0 aliphatic rings. The molecule has 5 heteroatoms. The number of amides is 1. The Morgan fingerprint density at radius 1 is 0.931 bits per heavy atom. The molecule has 4 aromatic rings. The molecule has 1 heterocycles. The lowest BCUT2D eigenvalue weighted by Crippen LogP contribution is -2.13. The van der Waals surface area contributed by atoms with Crippen LogP contribution in [0.2, 0.25) is 10.0 Å². The number of pyridine rings is 1. The molecule has 3 aromatic carbocycles. The first kappa shape index (κ1) is 19.4. The molecular formula is C24H18Cl2N2O. The fourth-order valence-electron chi connectivity index (χ4n) is 3.25. The van der Waals surface area contributed by atoms with Crippen molar-refractivity contribution in [3.05, 3.63) is 94.0 Å². The standard InChI is InChI=1S/C24H18Cl2N2O/c1-2-15-7-9-16(10-8-15)23-14-21(20-5-3-4-6-22(20)28-23)24(29)27-19-12-17(25)11-18(26)13-19/h3-14H,2H2,1H3,(H,27,29). The van der Waals surface area contributed by atoms with E-state index in [0.717, 1.165) is 28.6 Å². The van der Waals surface area contributed by atoms with Gasteiger partial charge < -0.3 is 5.32 Å². The topological polar surface area (TPSA) is 42.0 Å². The predicted molar refractivity (Wildman–Crippen MR) is 121 cm³/mol. The number of halogens is 2. The van der Waals surface area contributed by atoms with Crippen molar-refractivity contribution in [3.8, 4) is 11.3 Å². The van der Waals surface area contributed by atoms with Crippen LogP contribution < -0.4 is 5.32 Å². The minimum Gasteiger partial charge on any atom is -0.322 e. The molecule has 0 aliphatic heterocycles. The van der Waals surface area contributed by atoms with Crippen molar-refractivity contribution in [2.45, 2.75) is 13.3 Å². The summed E-state index contributed by atoms with van der Waals surface area (Å²) >= 11 is 12.1. The number of fused-ring (bicyclic) bond motifs is 1. The highest BCUT2D eigenvalue weighted by Gasteiger charge is 2.15. The summed E-state index contributed by atoms with van der Waals surface area (Å²) in [7, 11) is 0. The third-order valence-electron chi connectivity index (χ3n) is 4.74. The Labute approximate surface area is 179 Å². The SMILES string of the molecule is CCc1ccc(-c2cc(C(=O)Nc3cc(Cl)cc(Cl)c3)c3ccccc3n2)cc1. The minimum atomic E-state index is -0.242. The van der Waals surface area contributed by atoms with Crippen LogP contribution in [0.4, 0.5) is 5.69 Å². The summed E-state index contributed by atoms with van der Waals surface area (Å²) in [6.07, 6.45) is 0.973. The Balaban J connectivity index is 1.78. The lowest BCUT2D eigenvalue weighted by molar-refractivity contribution is 0.102. The zero-order valence-electron chi connectivity index (χ0n) is 15.7. The number of carbonyl (C=O) groups excluding carboxylic acids is 1. The van der Waals surface area contributed by atoms with E-state index in [2.05, 4.69) is 24.4 Å². The van der Waals surface area contributed by atoms with Crippen LogP contribution in [0.1, 0.15) is 22.8 Å². The van der Waals surface area contributed by atoms with E-state index >= 15 is 0 Å². The van der Waals surface area contributed by atoms with Crippen molar-refractivity contribution < 1.29 is 4.79 Å². The molecule has 3 nitrogen and oxygen atoms in total. The van der Waals surface area contributed by atoms with Gasteiger partial charge in [-0.25, -0.2) is 4.98 Å². The largest absolute Gasteiger partial charge is 0.322 e. The second-order valence-corrected chi connectivity index (χ2v) is 7.61. The summed E-state index contributed by atoms with van der Waals surface area (Å²) in [5.41, 5.74) is 4.82. The third kappa shape index (κ3) is 4.26. The van der Waals surface area contributed by atoms with Gasteiger partial charge in [0, 0.05) is 26.7 Å². The Hall–Kier alpha value is -2.88. The van der Waals surface area contributed by atoms with Gasteiger partial charge in [0.05, 0.1) is 16.8 Å². The number of nitrogens with one attached hydrogen (secondary N) is 1. The van der Waals surface area contributed by atoms with Crippen LogP contribution in [-0.4, -0.2) is 10.9 Å². The summed E-state index contributed by atoms with van der Waals surface area (Å²) in [5, 5.41) is 4.60. The number of benzene rings is 3. The highest BCUT2D eigenvalue weighted by molar-refractivity contribution is 6.35. The average Bonchev–Trinajstić information content (AvgIpc) is 2.72. The van der Waals surface area contributed by atoms with Crippen LogP contribution in [0, 0.1) is 0 Å². The fourth-order valence-corrected chi connectivity index (χ4v) is 3.77. The van der Waals surface area contributed by atoms with Gasteiger partial charge in [-0.15, -0.1) is 0 Å². The monoisotopic (exact) mass is 420 g/mol. The van der Waals surface area contributed by atoms with Gasteiger partial charge in [-0.05, 0) is 42.3 Å². The van der Waals surface area contributed by atoms with E-state index in [-0.39, 0.29) is 5.91 Å². The number of rotatable bonds is 4. The van der Waals surface area contributed by atoms with Crippen LogP contribution in [0.25, 0.3) is 22.2 Å². The van der Waals surface area contributed by atoms with Crippen molar-refractivity contribution in [1.29, 1.82) is 0 Å². The van der Waals surface area contributed by atoms with Crippen molar-refractivity contribution in [1.82, 2.24) is 4.98 Å². The normalized spacial score (nSPS) is 10.9. The number of hydrogen-bond acceptors (Lipinski definition) is 2. The molecule has 0 fully saturated rings. The van der Waals surface area contributed by atoms with Gasteiger partial charge in [-0.2, -0.15) is 0 Å². The number of aromatic nitrogens is 1. The molecule has 0 atom stereocenters. The number of hydrogen-bond donors (Lipinski definition) is 1. The van der Waals surface area contributed by atoms with Crippen LogP contribution >= 0.6 is 23.2 Å². The molecule has 0 aliphatic carbocycles. The van der Waals surface area contributed by atoms with Crippen LogP contribution in [0.5, 0.6) is 0 Å². The minimum absolute atomic E-state index is 0.242. The second kappa shape index (κ2) is 8.24. The highest BCUT2D eigenvalue weighted by Crippen LogP contribution is 2.27. The lowest BCUT2D eigenvalue weighted by Gasteiger charge is -2.11. The summed E-state index contributed by atoms with van der Waals surface area (Å²) in [5.74, 6) is -0.242. The maximum absolute atomic E-state index is 13.1. The molecular weight excluding hydrogens is 403 g/mol. The molecule has 1 aromatic heterocycles. The first-order chi connectivity index (χ1) is 14.0. The van der Waals surface area contributed by atoms with Gasteiger partial charge in [-0.1, -0.05) is 72.6 Å². The number of anilines is 1. The highest BCUT2D eigenvalue weighted by atomic mass is 35.5.